The van der Waals surface area contributed by atoms with Gasteiger partial charge in [0.25, 0.3) is 19.4 Å². The molecular formula is C54H38B2N2O3. The molecule has 0 atom stereocenters. The monoisotopic (exact) mass is 784 g/mol. The molecular weight excluding hydrogens is 746 g/mol. The van der Waals surface area contributed by atoms with Crippen LogP contribution in [-0.4, -0.2) is 13.4 Å². The van der Waals surface area contributed by atoms with Gasteiger partial charge in [-0.25, -0.2) is 0 Å². The van der Waals surface area contributed by atoms with E-state index in [0.29, 0.717) is 11.9 Å². The maximum atomic E-state index is 7.03. The largest absolute Gasteiger partial charge is 0.458 e. The summed E-state index contributed by atoms with van der Waals surface area (Å²) in [5, 5.41) is 3.31. The van der Waals surface area contributed by atoms with Crippen molar-refractivity contribution in [3.8, 4) is 23.2 Å². The molecule has 0 spiro atoms. The molecule has 0 saturated heterocycles. The lowest BCUT2D eigenvalue weighted by Crippen LogP contribution is -2.59. The van der Waals surface area contributed by atoms with E-state index in [-0.39, 0.29) is 13.4 Å². The van der Waals surface area contributed by atoms with Crippen molar-refractivity contribution in [2.45, 2.75) is 38.0 Å². The highest BCUT2D eigenvalue weighted by Gasteiger charge is 2.46. The van der Waals surface area contributed by atoms with Crippen molar-refractivity contribution in [1.29, 1.82) is 0 Å². The Kier molecular flexibility index (Phi) is 7.02. The van der Waals surface area contributed by atoms with Crippen LogP contribution in [0, 0.1) is 0 Å². The van der Waals surface area contributed by atoms with Crippen molar-refractivity contribution in [2.75, 3.05) is 9.80 Å². The Labute approximate surface area is 354 Å². The molecule has 4 aliphatic heterocycles. The summed E-state index contributed by atoms with van der Waals surface area (Å²) in [6.45, 7) is -0.0524. The average Bonchev–Trinajstić information content (AvgIpc) is 3.67. The van der Waals surface area contributed by atoms with Gasteiger partial charge in [-0.3, -0.25) is 0 Å². The van der Waals surface area contributed by atoms with E-state index in [1.54, 1.807) is 0 Å². The van der Waals surface area contributed by atoms with E-state index < -0.39 is 0 Å². The van der Waals surface area contributed by atoms with E-state index in [1.807, 2.05) is 0 Å². The minimum Gasteiger partial charge on any atom is -0.458 e. The summed E-state index contributed by atoms with van der Waals surface area (Å²) in [5.41, 5.74) is 16.4. The number of para-hydroxylation sites is 4. The molecule has 5 nitrogen and oxygen atoms in total. The third-order valence-corrected chi connectivity index (χ3v) is 14.1. The molecule has 0 bridgehead atoms. The smallest absolute Gasteiger partial charge is 0.285 e. The highest BCUT2D eigenvalue weighted by atomic mass is 16.6. The molecule has 14 rings (SSSR count). The van der Waals surface area contributed by atoms with E-state index >= 15 is 0 Å². The van der Waals surface area contributed by atoms with Crippen LogP contribution in [0.2, 0.25) is 0 Å². The molecule has 0 amide bonds. The Morgan fingerprint density at radius 3 is 1.84 bits per heavy atom. The zero-order chi connectivity index (χ0) is 39.8. The topological polar surface area (TPSA) is 38.1 Å². The van der Waals surface area contributed by atoms with Crippen LogP contribution in [0.15, 0.2) is 168 Å². The highest BCUT2D eigenvalue weighted by molar-refractivity contribution is 7.01. The van der Waals surface area contributed by atoms with Crippen molar-refractivity contribution in [1.82, 2.24) is 0 Å². The molecule has 5 heterocycles. The van der Waals surface area contributed by atoms with Crippen LogP contribution in [0.1, 0.15) is 43.6 Å². The summed E-state index contributed by atoms with van der Waals surface area (Å²) in [4.78, 5) is 4.84. The molecule has 1 aliphatic carbocycles. The van der Waals surface area contributed by atoms with Crippen LogP contribution in [0.3, 0.4) is 0 Å². The molecule has 61 heavy (non-hydrogen) atoms. The third kappa shape index (κ3) is 4.80. The minimum atomic E-state index is -0.0615. The number of benzene rings is 8. The first-order chi connectivity index (χ1) is 30.2. The molecule has 0 radical (unpaired) electrons. The fourth-order valence-electron chi connectivity index (χ4n) is 11.5. The SMILES string of the molecule is c1ccc(N2c3ccccc3B3c4cc5cc6c7c(oc6cc5cc4Oc4cccc2c43)Oc2cc(C3CCCCC3)cc3c2B7c2ccccc2N3c2ccccc2)cc1. The highest BCUT2D eigenvalue weighted by Crippen LogP contribution is 2.46. The lowest BCUT2D eigenvalue weighted by Gasteiger charge is -2.40. The quantitative estimate of drug-likeness (QED) is 0.167. The van der Waals surface area contributed by atoms with Gasteiger partial charge < -0.3 is 23.7 Å². The summed E-state index contributed by atoms with van der Waals surface area (Å²) in [6.07, 6.45) is 6.28. The number of hydrogen-bond donors (Lipinski definition) is 0. The number of furan rings is 1. The second-order valence-corrected chi connectivity index (χ2v) is 17.4. The van der Waals surface area contributed by atoms with Crippen molar-refractivity contribution < 1.29 is 13.9 Å². The van der Waals surface area contributed by atoms with E-state index in [2.05, 4.69) is 174 Å². The number of ether oxygens (including phenoxy) is 2. The summed E-state index contributed by atoms with van der Waals surface area (Å²) in [5.74, 6) is 3.80. The lowest BCUT2D eigenvalue weighted by molar-refractivity contribution is 0.363. The van der Waals surface area contributed by atoms with E-state index in [0.717, 1.165) is 61.5 Å². The molecule has 0 N–H and O–H groups in total. The van der Waals surface area contributed by atoms with Crippen molar-refractivity contribution >= 4 is 102 Å². The summed E-state index contributed by atoms with van der Waals surface area (Å²) in [7, 11) is 0. The fraction of sp³-hybridized carbons (Fsp3) is 0.111. The van der Waals surface area contributed by atoms with Crippen LogP contribution in [-0.2, 0) is 0 Å². The normalized spacial score (nSPS) is 15.6. The van der Waals surface area contributed by atoms with E-state index in [9.17, 15) is 0 Å². The molecule has 1 aromatic heterocycles. The maximum Gasteiger partial charge on any atom is 0.285 e. The lowest BCUT2D eigenvalue weighted by atomic mass is 9.34. The fourth-order valence-corrected chi connectivity index (χ4v) is 11.5. The Morgan fingerprint density at radius 2 is 1.08 bits per heavy atom. The van der Waals surface area contributed by atoms with Crippen LogP contribution < -0.4 is 52.1 Å². The van der Waals surface area contributed by atoms with Gasteiger partial charge in [0.1, 0.15) is 22.8 Å². The number of hydrogen-bond acceptors (Lipinski definition) is 5. The van der Waals surface area contributed by atoms with Gasteiger partial charge in [-0.2, -0.15) is 0 Å². The summed E-state index contributed by atoms with van der Waals surface area (Å²) >= 11 is 0. The number of anilines is 6. The van der Waals surface area contributed by atoms with Crippen molar-refractivity contribution in [2.24, 2.45) is 0 Å². The molecule has 288 valence electrons. The third-order valence-electron chi connectivity index (χ3n) is 14.1. The van der Waals surface area contributed by atoms with Gasteiger partial charge in [-0.1, -0.05) is 104 Å². The zero-order valence-corrected chi connectivity index (χ0v) is 33.5. The standard InChI is InChI=1S/C54H38B2N2O3/c1-4-15-33(16-5-1)35-29-46-53-50(32-35)61-54-51(56(53)41-22-11-13-24-44(41)58(46)38-19-8-3-9-20-38)39-27-34-28-42-49(31-36(34)30-48(39)60-54)59-47-26-14-25-45-52(47)55(42)40-21-10-12-23-43(40)57(45)37-17-6-2-7-18-37/h2-3,6-14,17-33H,1,4-5,15-16H2. The predicted molar refractivity (Wildman–Crippen MR) is 251 cm³/mol. The first kappa shape index (κ1) is 33.7. The first-order valence-electron chi connectivity index (χ1n) is 21.8. The van der Waals surface area contributed by atoms with Crippen LogP contribution >= 0.6 is 0 Å². The zero-order valence-electron chi connectivity index (χ0n) is 33.5. The second kappa shape index (κ2) is 12.7. The van der Waals surface area contributed by atoms with Gasteiger partial charge in [0.2, 0.25) is 0 Å². The van der Waals surface area contributed by atoms with Crippen LogP contribution in [0.5, 0.6) is 23.2 Å². The molecule has 5 aliphatic rings. The Hall–Kier alpha value is -7.11. The summed E-state index contributed by atoms with van der Waals surface area (Å²) in [6, 6.07) is 59.7. The molecule has 7 heteroatoms. The summed E-state index contributed by atoms with van der Waals surface area (Å²) < 4.78 is 20.8. The Balaban J connectivity index is 0.971. The first-order valence-corrected chi connectivity index (χ1v) is 21.8. The van der Waals surface area contributed by atoms with Crippen molar-refractivity contribution in [3.05, 3.63) is 169 Å². The Morgan fingerprint density at radius 1 is 0.443 bits per heavy atom. The Bertz CT molecular complexity index is 3290. The van der Waals surface area contributed by atoms with Gasteiger partial charge in [0.05, 0.1) is 0 Å². The molecule has 1 fully saturated rings. The molecule has 8 aromatic carbocycles. The number of nitrogens with zero attached hydrogens (tertiary/aromatic N) is 2. The van der Waals surface area contributed by atoms with E-state index in [1.165, 1.54) is 82.0 Å². The molecule has 1 saturated carbocycles. The van der Waals surface area contributed by atoms with E-state index in [4.69, 9.17) is 13.9 Å². The van der Waals surface area contributed by atoms with Gasteiger partial charge in [0, 0.05) is 45.0 Å². The predicted octanol–water partition coefficient (Wildman–Crippen LogP) is 10.4. The molecule has 0 unspecified atom stereocenters. The van der Waals surface area contributed by atoms with Gasteiger partial charge in [0.15, 0.2) is 0 Å². The number of fused-ring (bicyclic) bond motifs is 11. The second-order valence-electron chi connectivity index (χ2n) is 17.4. The van der Waals surface area contributed by atoms with Crippen LogP contribution in [0.25, 0.3) is 21.7 Å². The minimum absolute atomic E-state index is 0.00907. The van der Waals surface area contributed by atoms with Gasteiger partial charge >= 0.3 is 0 Å². The average molecular weight is 785 g/mol. The van der Waals surface area contributed by atoms with Gasteiger partial charge in [-0.15, -0.1) is 0 Å². The van der Waals surface area contributed by atoms with Crippen LogP contribution in [0.4, 0.5) is 34.1 Å². The maximum absolute atomic E-state index is 7.03. The molecule has 9 aromatic rings. The van der Waals surface area contributed by atoms with Crippen molar-refractivity contribution in [3.63, 3.8) is 0 Å². The number of rotatable bonds is 3. The van der Waals surface area contributed by atoms with Gasteiger partial charge in [-0.05, 0) is 141 Å².